The second-order valence-corrected chi connectivity index (χ2v) is 3.93. The number of carbonyl (C=O) groups excluding carboxylic acids is 1. The normalized spacial score (nSPS) is 14.5. The quantitative estimate of drug-likeness (QED) is 0.459. The number of nitrogens with zero attached hydrogens (tertiary/aromatic N) is 1. The third kappa shape index (κ3) is 2.41. The van der Waals surface area contributed by atoms with Crippen LogP contribution in [0.2, 0.25) is 0 Å². The van der Waals surface area contributed by atoms with Crippen LogP contribution in [-0.2, 0) is 0 Å². The van der Waals surface area contributed by atoms with Crippen molar-refractivity contribution in [1.82, 2.24) is 0 Å². The van der Waals surface area contributed by atoms with E-state index in [2.05, 4.69) is 0 Å². The number of ketones is 1. The molecule has 0 atom stereocenters. The van der Waals surface area contributed by atoms with Crippen LogP contribution in [0.25, 0.3) is 0 Å². The number of halogens is 1. The molecule has 0 N–H and O–H groups in total. The van der Waals surface area contributed by atoms with E-state index in [4.69, 9.17) is 4.74 Å². The van der Waals surface area contributed by atoms with Crippen LogP contribution in [-0.4, -0.2) is 16.8 Å². The fourth-order valence-electron chi connectivity index (χ4n) is 1.43. The molecule has 0 aliphatic heterocycles. The lowest BCUT2D eigenvalue weighted by molar-refractivity contribution is -0.385. The summed E-state index contributed by atoms with van der Waals surface area (Å²) in [4.78, 5) is 21.1. The van der Waals surface area contributed by atoms with Gasteiger partial charge in [-0.05, 0) is 19.8 Å². The second-order valence-electron chi connectivity index (χ2n) is 3.93. The molecule has 0 radical (unpaired) electrons. The fourth-order valence-corrected chi connectivity index (χ4v) is 1.43. The molecule has 5 nitrogen and oxygen atoms in total. The van der Waals surface area contributed by atoms with Crippen molar-refractivity contribution in [2.24, 2.45) is 0 Å². The van der Waals surface area contributed by atoms with Gasteiger partial charge in [0.2, 0.25) is 0 Å². The molecule has 1 aromatic carbocycles. The van der Waals surface area contributed by atoms with Crippen LogP contribution in [0.1, 0.15) is 30.1 Å². The summed E-state index contributed by atoms with van der Waals surface area (Å²) >= 11 is 0. The van der Waals surface area contributed by atoms with Gasteiger partial charge in [0.1, 0.15) is 0 Å². The van der Waals surface area contributed by atoms with Crippen molar-refractivity contribution in [3.05, 3.63) is 33.6 Å². The van der Waals surface area contributed by atoms with E-state index in [-0.39, 0.29) is 17.4 Å². The van der Waals surface area contributed by atoms with Gasteiger partial charge >= 0.3 is 0 Å². The Hall–Kier alpha value is -1.98. The molecule has 1 saturated carbocycles. The van der Waals surface area contributed by atoms with Gasteiger partial charge in [-0.2, -0.15) is 0 Å². The largest absolute Gasteiger partial charge is 0.487 e. The molecule has 1 fully saturated rings. The average Bonchev–Trinajstić information content (AvgIpc) is 3.03. The van der Waals surface area contributed by atoms with E-state index < -0.39 is 22.2 Å². The SMILES string of the molecule is CC(=O)c1cc(OC2CC2)c(F)cc1[N+](=O)[O-]. The van der Waals surface area contributed by atoms with Crippen molar-refractivity contribution >= 4 is 11.5 Å². The van der Waals surface area contributed by atoms with Gasteiger partial charge in [-0.1, -0.05) is 0 Å². The summed E-state index contributed by atoms with van der Waals surface area (Å²) in [6, 6.07) is 1.84. The molecule has 1 aliphatic rings. The summed E-state index contributed by atoms with van der Waals surface area (Å²) in [5.41, 5.74) is -0.662. The molecule has 1 aliphatic carbocycles. The molecule has 90 valence electrons. The first-order chi connectivity index (χ1) is 7.99. The molecule has 0 heterocycles. The summed E-state index contributed by atoms with van der Waals surface area (Å²) in [6.45, 7) is 1.20. The molecule has 0 saturated heterocycles. The van der Waals surface area contributed by atoms with Gasteiger partial charge in [-0.25, -0.2) is 4.39 Å². The Labute approximate surface area is 96.3 Å². The van der Waals surface area contributed by atoms with E-state index in [1.54, 1.807) is 0 Å². The highest BCUT2D eigenvalue weighted by Gasteiger charge is 2.27. The summed E-state index contributed by atoms with van der Waals surface area (Å²) in [7, 11) is 0. The van der Waals surface area contributed by atoms with E-state index >= 15 is 0 Å². The summed E-state index contributed by atoms with van der Waals surface area (Å²) in [6.07, 6.45) is 1.64. The minimum Gasteiger partial charge on any atom is -0.487 e. The van der Waals surface area contributed by atoms with E-state index in [1.807, 2.05) is 0 Å². The maximum absolute atomic E-state index is 13.5. The number of Topliss-reactive ketones (excluding diaryl/α,β-unsaturated/α-hetero) is 1. The van der Waals surface area contributed by atoms with Gasteiger partial charge in [0.25, 0.3) is 5.69 Å². The van der Waals surface area contributed by atoms with E-state index in [9.17, 15) is 19.3 Å². The first-order valence-electron chi connectivity index (χ1n) is 5.14. The maximum Gasteiger partial charge on any atom is 0.283 e. The zero-order valence-corrected chi connectivity index (χ0v) is 9.10. The number of nitro groups is 1. The zero-order chi connectivity index (χ0) is 12.6. The Bertz CT molecular complexity index is 496. The van der Waals surface area contributed by atoms with Crippen LogP contribution in [0.5, 0.6) is 5.75 Å². The van der Waals surface area contributed by atoms with Crippen molar-refractivity contribution in [2.45, 2.75) is 25.9 Å². The number of benzene rings is 1. The molecular weight excluding hydrogens is 229 g/mol. The highest BCUT2D eigenvalue weighted by molar-refractivity contribution is 5.98. The van der Waals surface area contributed by atoms with E-state index in [0.29, 0.717) is 0 Å². The predicted octanol–water partition coefficient (Wildman–Crippen LogP) is 2.48. The Balaban J connectivity index is 2.45. The molecule has 1 aromatic rings. The molecule has 6 heteroatoms. The van der Waals surface area contributed by atoms with Gasteiger partial charge in [0.05, 0.1) is 22.7 Å². The topological polar surface area (TPSA) is 69.4 Å². The molecule has 0 spiro atoms. The van der Waals surface area contributed by atoms with Gasteiger partial charge in [0.15, 0.2) is 17.3 Å². The fraction of sp³-hybridized carbons (Fsp3) is 0.364. The number of nitro benzene ring substituents is 1. The number of ether oxygens (including phenoxy) is 1. The Morgan fingerprint density at radius 3 is 2.65 bits per heavy atom. The van der Waals surface area contributed by atoms with E-state index in [1.165, 1.54) is 6.92 Å². The van der Waals surface area contributed by atoms with Crippen molar-refractivity contribution in [3.63, 3.8) is 0 Å². The highest BCUT2D eigenvalue weighted by Crippen LogP contribution is 2.32. The number of carbonyl (C=O) groups is 1. The standard InChI is InChI=1S/C11H10FNO4/c1-6(14)8-4-11(17-7-2-3-7)9(12)5-10(8)13(15)16/h4-5,7H,2-3H2,1H3. The van der Waals surface area contributed by atoms with Crippen LogP contribution in [0.15, 0.2) is 12.1 Å². The molecule has 0 bridgehead atoms. The summed E-state index contributed by atoms with van der Waals surface area (Å²) < 4.78 is 18.7. The molecular formula is C11H10FNO4. The first kappa shape index (κ1) is 11.5. The lowest BCUT2D eigenvalue weighted by atomic mass is 10.1. The number of hydrogen-bond donors (Lipinski definition) is 0. The smallest absolute Gasteiger partial charge is 0.283 e. The van der Waals surface area contributed by atoms with Crippen molar-refractivity contribution in [1.29, 1.82) is 0 Å². The molecule has 0 aromatic heterocycles. The molecule has 17 heavy (non-hydrogen) atoms. The van der Waals surface area contributed by atoms with Crippen LogP contribution < -0.4 is 4.74 Å². The highest BCUT2D eigenvalue weighted by atomic mass is 19.1. The third-order valence-electron chi connectivity index (χ3n) is 2.44. The van der Waals surface area contributed by atoms with Crippen LogP contribution in [0.3, 0.4) is 0 Å². The Morgan fingerprint density at radius 2 is 2.18 bits per heavy atom. The summed E-state index contributed by atoms with van der Waals surface area (Å²) in [5, 5.41) is 10.7. The predicted molar refractivity (Wildman–Crippen MR) is 56.7 cm³/mol. The minimum absolute atomic E-state index is 0.0363. The molecule has 2 rings (SSSR count). The third-order valence-corrected chi connectivity index (χ3v) is 2.44. The van der Waals surface area contributed by atoms with Crippen molar-refractivity contribution < 1.29 is 18.8 Å². The maximum atomic E-state index is 13.5. The van der Waals surface area contributed by atoms with Gasteiger partial charge in [0, 0.05) is 6.07 Å². The van der Waals surface area contributed by atoms with Crippen molar-refractivity contribution in [2.75, 3.05) is 0 Å². The van der Waals surface area contributed by atoms with Gasteiger partial charge in [-0.3, -0.25) is 14.9 Å². The lowest BCUT2D eigenvalue weighted by Gasteiger charge is -2.07. The Morgan fingerprint density at radius 1 is 1.53 bits per heavy atom. The van der Waals surface area contributed by atoms with E-state index in [0.717, 1.165) is 25.0 Å². The lowest BCUT2D eigenvalue weighted by Crippen LogP contribution is -2.05. The summed E-state index contributed by atoms with van der Waals surface area (Å²) in [5.74, 6) is -1.39. The molecule has 0 amide bonds. The van der Waals surface area contributed by atoms with Crippen molar-refractivity contribution in [3.8, 4) is 5.75 Å². The number of rotatable bonds is 4. The van der Waals surface area contributed by atoms with Gasteiger partial charge < -0.3 is 4.74 Å². The minimum atomic E-state index is -0.811. The van der Waals surface area contributed by atoms with Crippen LogP contribution >= 0.6 is 0 Å². The average molecular weight is 239 g/mol. The second kappa shape index (κ2) is 4.12. The first-order valence-corrected chi connectivity index (χ1v) is 5.14. The van der Waals surface area contributed by atoms with Crippen LogP contribution in [0, 0.1) is 15.9 Å². The van der Waals surface area contributed by atoms with Crippen LogP contribution in [0.4, 0.5) is 10.1 Å². The zero-order valence-electron chi connectivity index (χ0n) is 9.10. The monoisotopic (exact) mass is 239 g/mol. The molecule has 0 unspecified atom stereocenters. The number of hydrogen-bond acceptors (Lipinski definition) is 4. The van der Waals surface area contributed by atoms with Gasteiger partial charge in [-0.15, -0.1) is 0 Å². The Kier molecular flexibility index (Phi) is 2.79.